The third kappa shape index (κ3) is 5.16. The highest BCUT2D eigenvalue weighted by Crippen LogP contribution is 2.09. The summed E-state index contributed by atoms with van der Waals surface area (Å²) in [6, 6.07) is 14.7. The predicted octanol–water partition coefficient (Wildman–Crippen LogP) is 3.70. The first-order valence-electron chi connectivity index (χ1n) is 7.18. The fraction of sp³-hybridized carbons (Fsp3) is 0.294. The first kappa shape index (κ1) is 15.4. The van der Waals surface area contributed by atoms with Crippen molar-refractivity contribution >= 4 is 23.1 Å². The average Bonchev–Trinajstić information content (AvgIpc) is 2.48. The van der Waals surface area contributed by atoms with E-state index in [0.717, 1.165) is 24.2 Å². The van der Waals surface area contributed by atoms with Gasteiger partial charge in [0.15, 0.2) is 5.11 Å². The Balaban J connectivity index is 1.78. The zero-order valence-electron chi connectivity index (χ0n) is 12.5. The van der Waals surface area contributed by atoms with Crippen molar-refractivity contribution in [2.75, 3.05) is 5.32 Å². The van der Waals surface area contributed by atoms with E-state index in [-0.39, 0.29) is 0 Å². The summed E-state index contributed by atoms with van der Waals surface area (Å²) >= 11 is 5.34. The van der Waals surface area contributed by atoms with Crippen molar-refractivity contribution in [2.45, 2.75) is 32.7 Å². The van der Waals surface area contributed by atoms with Crippen LogP contribution in [0.2, 0.25) is 0 Å². The molecule has 2 rings (SSSR count). The van der Waals surface area contributed by atoms with Crippen molar-refractivity contribution in [1.29, 1.82) is 0 Å². The third-order valence-corrected chi connectivity index (χ3v) is 3.55. The Bertz CT molecular complexity index is 584. The molecule has 0 fully saturated rings. The molecule has 0 aliphatic rings. The van der Waals surface area contributed by atoms with E-state index < -0.39 is 0 Å². The van der Waals surface area contributed by atoms with E-state index >= 15 is 0 Å². The highest BCUT2D eigenvalue weighted by Gasteiger charge is 2.06. The molecule has 0 saturated heterocycles. The summed E-state index contributed by atoms with van der Waals surface area (Å²) < 4.78 is 0. The second-order valence-corrected chi connectivity index (χ2v) is 5.60. The van der Waals surface area contributed by atoms with Gasteiger partial charge in [-0.25, -0.2) is 4.98 Å². The van der Waals surface area contributed by atoms with Gasteiger partial charge in [0.2, 0.25) is 0 Å². The minimum Gasteiger partial charge on any atom is -0.360 e. The van der Waals surface area contributed by atoms with Crippen LogP contribution in [0.15, 0.2) is 48.7 Å². The number of aryl methyl sites for hydroxylation is 2. The largest absolute Gasteiger partial charge is 0.360 e. The van der Waals surface area contributed by atoms with Crippen LogP contribution in [0.5, 0.6) is 0 Å². The van der Waals surface area contributed by atoms with Gasteiger partial charge < -0.3 is 10.6 Å². The van der Waals surface area contributed by atoms with Crippen molar-refractivity contribution in [3.05, 3.63) is 59.8 Å². The molecule has 0 spiro atoms. The van der Waals surface area contributed by atoms with Crippen LogP contribution in [0.4, 0.5) is 5.82 Å². The van der Waals surface area contributed by atoms with E-state index in [9.17, 15) is 0 Å². The molecule has 0 aliphatic carbocycles. The Hall–Kier alpha value is -1.94. The molecule has 0 radical (unpaired) electrons. The molecule has 0 saturated carbocycles. The Morgan fingerprint density at radius 3 is 2.67 bits per heavy atom. The minimum absolute atomic E-state index is 0.314. The third-order valence-electron chi connectivity index (χ3n) is 3.33. The highest BCUT2D eigenvalue weighted by atomic mass is 32.1. The fourth-order valence-corrected chi connectivity index (χ4v) is 2.38. The lowest BCUT2D eigenvalue weighted by atomic mass is 10.1. The zero-order chi connectivity index (χ0) is 15.1. The first-order valence-corrected chi connectivity index (χ1v) is 7.59. The van der Waals surface area contributed by atoms with Crippen molar-refractivity contribution in [1.82, 2.24) is 10.3 Å². The summed E-state index contributed by atoms with van der Waals surface area (Å²) in [6.07, 6.45) is 3.84. The van der Waals surface area contributed by atoms with Crippen molar-refractivity contribution in [2.24, 2.45) is 0 Å². The fourth-order valence-electron chi connectivity index (χ4n) is 2.08. The molecule has 1 heterocycles. The minimum atomic E-state index is 0.314. The summed E-state index contributed by atoms with van der Waals surface area (Å²) in [5, 5.41) is 7.08. The molecule has 1 aromatic carbocycles. The lowest BCUT2D eigenvalue weighted by molar-refractivity contribution is 0.609. The number of benzene rings is 1. The molecule has 1 aromatic heterocycles. The molecule has 0 unspecified atom stereocenters. The molecular formula is C17H21N3S. The van der Waals surface area contributed by atoms with Crippen LogP contribution in [-0.2, 0) is 6.42 Å². The molecule has 0 aliphatic heterocycles. The Morgan fingerprint density at radius 2 is 1.95 bits per heavy atom. The number of anilines is 1. The van der Waals surface area contributed by atoms with Crippen molar-refractivity contribution in [3.63, 3.8) is 0 Å². The van der Waals surface area contributed by atoms with Crippen LogP contribution < -0.4 is 10.6 Å². The maximum atomic E-state index is 5.34. The molecule has 4 heteroatoms. The quantitative estimate of drug-likeness (QED) is 0.826. The maximum Gasteiger partial charge on any atom is 0.172 e. The van der Waals surface area contributed by atoms with Crippen LogP contribution in [0.1, 0.15) is 24.5 Å². The van der Waals surface area contributed by atoms with Crippen LogP contribution in [0.3, 0.4) is 0 Å². The van der Waals surface area contributed by atoms with Gasteiger partial charge in [-0.2, -0.15) is 0 Å². The van der Waals surface area contributed by atoms with Gasteiger partial charge in [-0.15, -0.1) is 0 Å². The summed E-state index contributed by atoms with van der Waals surface area (Å²) in [4.78, 5) is 4.28. The Labute approximate surface area is 131 Å². The van der Waals surface area contributed by atoms with E-state index in [4.69, 9.17) is 12.2 Å². The Morgan fingerprint density at radius 1 is 1.19 bits per heavy atom. The molecule has 110 valence electrons. The van der Waals surface area contributed by atoms with Crippen LogP contribution >= 0.6 is 12.2 Å². The second kappa shape index (κ2) is 7.74. The zero-order valence-corrected chi connectivity index (χ0v) is 13.3. The van der Waals surface area contributed by atoms with Crippen LogP contribution in [0, 0.1) is 6.92 Å². The van der Waals surface area contributed by atoms with Gasteiger partial charge in [0.25, 0.3) is 0 Å². The molecule has 21 heavy (non-hydrogen) atoms. The van der Waals surface area contributed by atoms with Crippen molar-refractivity contribution in [3.8, 4) is 0 Å². The number of aromatic nitrogens is 1. The average molecular weight is 299 g/mol. The van der Waals surface area contributed by atoms with E-state index in [0.29, 0.717) is 11.2 Å². The molecular weight excluding hydrogens is 278 g/mol. The molecule has 2 N–H and O–H groups in total. The van der Waals surface area contributed by atoms with Crippen LogP contribution in [-0.4, -0.2) is 16.1 Å². The van der Waals surface area contributed by atoms with Crippen LogP contribution in [0.25, 0.3) is 0 Å². The SMILES string of the molecule is Cc1cccnc1NC(=S)N[C@@H](C)CCc1ccccc1. The summed E-state index contributed by atoms with van der Waals surface area (Å²) in [5.41, 5.74) is 2.43. The van der Waals surface area contributed by atoms with Crippen molar-refractivity contribution < 1.29 is 0 Å². The molecule has 0 bridgehead atoms. The van der Waals surface area contributed by atoms with Gasteiger partial charge in [0, 0.05) is 12.2 Å². The topological polar surface area (TPSA) is 37.0 Å². The summed E-state index contributed by atoms with van der Waals surface area (Å²) in [5.74, 6) is 0.810. The van der Waals surface area contributed by atoms with E-state index in [1.807, 2.05) is 25.1 Å². The number of thiocarbonyl (C=S) groups is 1. The summed E-state index contributed by atoms with van der Waals surface area (Å²) in [7, 11) is 0. The smallest absolute Gasteiger partial charge is 0.172 e. The molecule has 2 aromatic rings. The molecule has 3 nitrogen and oxygen atoms in total. The van der Waals surface area contributed by atoms with E-state index in [1.165, 1.54) is 5.56 Å². The number of pyridine rings is 1. The van der Waals surface area contributed by atoms with Gasteiger partial charge in [0.1, 0.15) is 5.82 Å². The highest BCUT2D eigenvalue weighted by molar-refractivity contribution is 7.80. The van der Waals surface area contributed by atoms with Gasteiger partial charge in [-0.3, -0.25) is 0 Å². The Kier molecular flexibility index (Phi) is 5.69. The first-order chi connectivity index (χ1) is 10.1. The number of hydrogen-bond donors (Lipinski definition) is 2. The monoisotopic (exact) mass is 299 g/mol. The number of hydrogen-bond acceptors (Lipinski definition) is 2. The van der Waals surface area contributed by atoms with E-state index in [1.54, 1.807) is 6.20 Å². The lowest BCUT2D eigenvalue weighted by Crippen LogP contribution is -2.36. The number of nitrogens with zero attached hydrogens (tertiary/aromatic N) is 1. The summed E-state index contributed by atoms with van der Waals surface area (Å²) in [6.45, 7) is 4.15. The molecule has 0 amide bonds. The lowest BCUT2D eigenvalue weighted by Gasteiger charge is -2.17. The maximum absolute atomic E-state index is 5.34. The normalized spacial score (nSPS) is 11.7. The van der Waals surface area contributed by atoms with Gasteiger partial charge >= 0.3 is 0 Å². The molecule has 1 atom stereocenters. The van der Waals surface area contributed by atoms with E-state index in [2.05, 4.69) is 46.8 Å². The number of nitrogens with one attached hydrogen (secondary N) is 2. The van der Waals surface area contributed by atoms with Gasteiger partial charge in [-0.1, -0.05) is 36.4 Å². The van der Waals surface area contributed by atoms with Gasteiger partial charge in [0.05, 0.1) is 0 Å². The predicted molar refractivity (Wildman–Crippen MR) is 92.6 cm³/mol. The van der Waals surface area contributed by atoms with Gasteiger partial charge in [-0.05, 0) is 56.1 Å². The standard InChI is InChI=1S/C17H21N3S/c1-13-7-6-12-18-16(13)20-17(21)19-14(2)10-11-15-8-4-3-5-9-15/h3-9,12,14H,10-11H2,1-2H3,(H2,18,19,20,21)/t14-/m0/s1. The second-order valence-electron chi connectivity index (χ2n) is 5.19. The number of rotatable bonds is 5.